The Hall–Kier alpha value is -1.85. The lowest BCUT2D eigenvalue weighted by atomic mass is 10.1. The van der Waals surface area contributed by atoms with Crippen LogP contribution in [0.4, 0.5) is 11.6 Å². The average Bonchev–Trinajstić information content (AvgIpc) is 2.40. The van der Waals surface area contributed by atoms with Crippen LogP contribution >= 0.6 is 0 Å². The molecular weight excluding hydrogens is 230 g/mol. The molecule has 2 rings (SSSR count). The van der Waals surface area contributed by atoms with Crippen LogP contribution in [0.5, 0.6) is 0 Å². The van der Waals surface area contributed by atoms with Crippen molar-refractivity contribution < 1.29 is 4.79 Å². The Labute approximate surface area is 107 Å². The summed E-state index contributed by atoms with van der Waals surface area (Å²) in [5.41, 5.74) is 0. The number of hydrogen-bond acceptors (Lipinski definition) is 5. The second-order valence-electron chi connectivity index (χ2n) is 4.35. The van der Waals surface area contributed by atoms with Gasteiger partial charge >= 0.3 is 0 Å². The van der Waals surface area contributed by atoms with Crippen LogP contribution < -0.4 is 16.0 Å². The number of hydrogen-bond donors (Lipinski definition) is 3. The number of nitrogens with one attached hydrogen (secondary N) is 3. The Balaban J connectivity index is 1.97. The van der Waals surface area contributed by atoms with E-state index >= 15 is 0 Å². The van der Waals surface area contributed by atoms with E-state index in [2.05, 4.69) is 32.8 Å². The molecule has 6 heteroatoms. The largest absolute Gasteiger partial charge is 0.369 e. The van der Waals surface area contributed by atoms with Gasteiger partial charge < -0.3 is 16.0 Å². The molecule has 3 N–H and O–H groups in total. The molecule has 1 aliphatic rings. The highest BCUT2D eigenvalue weighted by molar-refractivity contribution is 5.84. The Bertz CT molecular complexity index is 409. The van der Waals surface area contributed by atoms with Gasteiger partial charge in [-0.05, 0) is 19.3 Å². The summed E-state index contributed by atoms with van der Waals surface area (Å²) in [7, 11) is 0. The van der Waals surface area contributed by atoms with Gasteiger partial charge in [0.05, 0.1) is 12.4 Å². The highest BCUT2D eigenvalue weighted by Crippen LogP contribution is 2.12. The lowest BCUT2D eigenvalue weighted by molar-refractivity contribution is -0.123. The molecular formula is C12H19N5O. The molecule has 0 aromatic carbocycles. The normalized spacial score (nSPS) is 19.2. The van der Waals surface area contributed by atoms with Crippen molar-refractivity contribution in [2.24, 2.45) is 0 Å². The van der Waals surface area contributed by atoms with Crippen molar-refractivity contribution in [2.45, 2.75) is 32.2 Å². The van der Waals surface area contributed by atoms with Gasteiger partial charge in [-0.1, -0.05) is 6.92 Å². The molecule has 0 bridgehead atoms. The third kappa shape index (κ3) is 3.32. The fourth-order valence-electron chi connectivity index (χ4n) is 1.86. The number of nitrogens with zero attached hydrogens (tertiary/aromatic N) is 2. The maximum Gasteiger partial charge on any atom is 0.242 e. The fourth-order valence-corrected chi connectivity index (χ4v) is 1.86. The summed E-state index contributed by atoms with van der Waals surface area (Å²) in [5, 5.41) is 9.13. The van der Waals surface area contributed by atoms with Gasteiger partial charge in [0, 0.05) is 13.1 Å². The molecule has 18 heavy (non-hydrogen) atoms. The third-order valence-corrected chi connectivity index (χ3v) is 2.80. The van der Waals surface area contributed by atoms with Crippen LogP contribution in [-0.2, 0) is 4.79 Å². The van der Waals surface area contributed by atoms with Gasteiger partial charge in [0.2, 0.25) is 5.91 Å². The van der Waals surface area contributed by atoms with E-state index in [0.29, 0.717) is 5.82 Å². The summed E-state index contributed by atoms with van der Waals surface area (Å²) in [4.78, 5) is 20.1. The van der Waals surface area contributed by atoms with Crippen molar-refractivity contribution in [1.29, 1.82) is 0 Å². The van der Waals surface area contributed by atoms with E-state index in [1.807, 2.05) is 0 Å². The third-order valence-electron chi connectivity index (χ3n) is 2.80. The van der Waals surface area contributed by atoms with Gasteiger partial charge in [-0.3, -0.25) is 9.78 Å². The van der Waals surface area contributed by atoms with Gasteiger partial charge in [-0.15, -0.1) is 0 Å². The molecule has 1 atom stereocenters. The van der Waals surface area contributed by atoms with Crippen LogP contribution in [0.3, 0.4) is 0 Å². The number of aromatic nitrogens is 2. The highest BCUT2D eigenvalue weighted by Gasteiger charge is 2.21. The minimum absolute atomic E-state index is 0.0370. The summed E-state index contributed by atoms with van der Waals surface area (Å²) >= 11 is 0. The minimum Gasteiger partial charge on any atom is -0.369 e. The SMILES string of the molecule is CCCNc1cncc(NC2CCCNC2=O)n1. The molecule has 1 aliphatic heterocycles. The zero-order chi connectivity index (χ0) is 12.8. The van der Waals surface area contributed by atoms with Crippen LogP contribution in [0.15, 0.2) is 12.4 Å². The van der Waals surface area contributed by atoms with E-state index in [4.69, 9.17) is 0 Å². The van der Waals surface area contributed by atoms with Crippen molar-refractivity contribution >= 4 is 17.5 Å². The number of rotatable bonds is 5. The van der Waals surface area contributed by atoms with Crippen LogP contribution in [0.25, 0.3) is 0 Å². The number of amides is 1. The summed E-state index contributed by atoms with van der Waals surface area (Å²) in [6, 6.07) is -0.200. The molecule has 0 spiro atoms. The Kier molecular flexibility index (Phi) is 4.33. The van der Waals surface area contributed by atoms with Crippen molar-refractivity contribution in [1.82, 2.24) is 15.3 Å². The van der Waals surface area contributed by atoms with Crippen molar-refractivity contribution in [3.8, 4) is 0 Å². The minimum atomic E-state index is -0.200. The first-order valence-electron chi connectivity index (χ1n) is 6.39. The quantitative estimate of drug-likeness (QED) is 0.725. The number of piperidine rings is 1. The monoisotopic (exact) mass is 249 g/mol. The molecule has 98 valence electrons. The van der Waals surface area contributed by atoms with Gasteiger partial charge in [0.15, 0.2) is 0 Å². The van der Waals surface area contributed by atoms with Crippen LogP contribution in [0, 0.1) is 0 Å². The number of carbonyl (C=O) groups excluding carboxylic acids is 1. The summed E-state index contributed by atoms with van der Waals surface area (Å²) < 4.78 is 0. The maximum absolute atomic E-state index is 11.6. The fraction of sp³-hybridized carbons (Fsp3) is 0.583. The zero-order valence-electron chi connectivity index (χ0n) is 10.6. The average molecular weight is 249 g/mol. The van der Waals surface area contributed by atoms with Gasteiger partial charge in [0.25, 0.3) is 0 Å². The van der Waals surface area contributed by atoms with E-state index in [-0.39, 0.29) is 11.9 Å². The Morgan fingerprint density at radius 1 is 1.44 bits per heavy atom. The van der Waals surface area contributed by atoms with E-state index in [1.165, 1.54) is 0 Å². The first kappa shape index (κ1) is 12.6. The summed E-state index contributed by atoms with van der Waals surface area (Å²) in [6.45, 7) is 3.72. The van der Waals surface area contributed by atoms with E-state index in [1.54, 1.807) is 12.4 Å². The Morgan fingerprint density at radius 3 is 3.06 bits per heavy atom. The highest BCUT2D eigenvalue weighted by atomic mass is 16.2. The smallest absolute Gasteiger partial charge is 0.242 e. The zero-order valence-corrected chi connectivity index (χ0v) is 10.6. The van der Waals surface area contributed by atoms with Crippen LogP contribution in [0.1, 0.15) is 26.2 Å². The molecule has 0 radical (unpaired) electrons. The van der Waals surface area contributed by atoms with Gasteiger partial charge in [0.1, 0.15) is 17.7 Å². The summed E-state index contributed by atoms with van der Waals surface area (Å²) in [6.07, 6.45) is 6.18. The Morgan fingerprint density at radius 2 is 2.28 bits per heavy atom. The predicted octanol–water partition coefficient (Wildman–Crippen LogP) is 0.989. The lowest BCUT2D eigenvalue weighted by Gasteiger charge is -2.23. The summed E-state index contributed by atoms with van der Waals surface area (Å²) in [5.74, 6) is 1.41. The number of anilines is 2. The van der Waals surface area contributed by atoms with E-state index in [9.17, 15) is 4.79 Å². The second-order valence-corrected chi connectivity index (χ2v) is 4.35. The molecule has 2 heterocycles. The van der Waals surface area contributed by atoms with Gasteiger partial charge in [-0.25, -0.2) is 4.98 Å². The second kappa shape index (κ2) is 6.18. The molecule has 0 aliphatic carbocycles. The molecule has 1 amide bonds. The molecule has 6 nitrogen and oxygen atoms in total. The van der Waals surface area contributed by atoms with Crippen LogP contribution in [0.2, 0.25) is 0 Å². The van der Waals surface area contributed by atoms with E-state index < -0.39 is 0 Å². The first-order chi connectivity index (χ1) is 8.79. The van der Waals surface area contributed by atoms with E-state index in [0.717, 1.165) is 38.2 Å². The molecule has 0 saturated carbocycles. The molecule has 1 unspecified atom stereocenters. The molecule has 1 aromatic rings. The molecule has 1 fully saturated rings. The van der Waals surface area contributed by atoms with Crippen molar-refractivity contribution in [3.05, 3.63) is 12.4 Å². The molecule has 1 saturated heterocycles. The number of carbonyl (C=O) groups is 1. The van der Waals surface area contributed by atoms with Crippen LogP contribution in [-0.4, -0.2) is 35.0 Å². The maximum atomic E-state index is 11.6. The van der Waals surface area contributed by atoms with Gasteiger partial charge in [-0.2, -0.15) is 0 Å². The standard InChI is InChI=1S/C12H19N5O/c1-2-5-14-10-7-13-8-11(17-10)16-9-4-3-6-15-12(9)18/h7-9H,2-6H2,1H3,(H,15,18)(H2,14,16,17). The predicted molar refractivity (Wildman–Crippen MR) is 70.5 cm³/mol. The van der Waals surface area contributed by atoms with Crippen molar-refractivity contribution in [3.63, 3.8) is 0 Å². The molecule has 1 aromatic heterocycles. The topological polar surface area (TPSA) is 78.9 Å². The van der Waals surface area contributed by atoms with Crippen molar-refractivity contribution in [2.75, 3.05) is 23.7 Å². The first-order valence-corrected chi connectivity index (χ1v) is 6.39. The lowest BCUT2D eigenvalue weighted by Crippen LogP contribution is -2.44.